The largest absolute Gasteiger partial charge is 0.443 e. The molecule has 0 N–H and O–H groups in total. The van der Waals surface area contributed by atoms with Crippen molar-refractivity contribution in [2.75, 3.05) is 0 Å². The molecule has 0 aromatic heterocycles. The minimum atomic E-state index is -0.479. The molecule has 0 atom stereocenters. The van der Waals surface area contributed by atoms with Crippen molar-refractivity contribution >= 4 is 6.09 Å². The van der Waals surface area contributed by atoms with E-state index in [0.717, 1.165) is 24.2 Å². The zero-order valence-electron chi connectivity index (χ0n) is 11.5. The molecule has 1 amide bonds. The van der Waals surface area contributed by atoms with Gasteiger partial charge in [-0.05, 0) is 53.4 Å². The SMILES string of the molecule is C=C(C1CC1)N(C(=O)OC(C)(C)C)C(C)=CC. The van der Waals surface area contributed by atoms with Crippen molar-refractivity contribution in [3.8, 4) is 0 Å². The van der Waals surface area contributed by atoms with Gasteiger partial charge >= 0.3 is 6.09 Å². The minimum absolute atomic E-state index is 0.329. The number of hydrogen-bond donors (Lipinski definition) is 0. The molecular formula is C14H23NO2. The first-order valence-corrected chi connectivity index (χ1v) is 6.11. The van der Waals surface area contributed by atoms with Crippen LogP contribution in [0, 0.1) is 5.92 Å². The smallest absolute Gasteiger partial charge is 0.418 e. The van der Waals surface area contributed by atoms with E-state index in [0.29, 0.717) is 5.92 Å². The third kappa shape index (κ3) is 3.91. The molecule has 3 nitrogen and oxygen atoms in total. The van der Waals surface area contributed by atoms with Crippen molar-refractivity contribution in [1.29, 1.82) is 0 Å². The number of carbonyl (C=O) groups is 1. The van der Waals surface area contributed by atoms with Gasteiger partial charge in [-0.3, -0.25) is 4.90 Å². The standard InChI is InChI=1S/C14H23NO2/c1-7-10(2)15(11(3)12-8-9-12)13(16)17-14(4,5)6/h7,12H,3,8-9H2,1-2,4-6H3. The summed E-state index contributed by atoms with van der Waals surface area (Å²) in [4.78, 5) is 13.7. The van der Waals surface area contributed by atoms with Crippen molar-refractivity contribution in [2.24, 2.45) is 5.92 Å². The van der Waals surface area contributed by atoms with Crippen molar-refractivity contribution in [1.82, 2.24) is 4.90 Å². The molecule has 0 radical (unpaired) electrons. The second kappa shape index (κ2) is 4.94. The molecule has 0 aromatic rings. The molecule has 0 aliphatic heterocycles. The zero-order valence-corrected chi connectivity index (χ0v) is 11.5. The predicted octanol–water partition coefficient (Wildman–Crippen LogP) is 4.07. The van der Waals surface area contributed by atoms with Crippen LogP contribution in [-0.4, -0.2) is 16.6 Å². The van der Waals surface area contributed by atoms with Gasteiger partial charge in [0.1, 0.15) is 5.60 Å². The second-order valence-corrected chi connectivity index (χ2v) is 5.51. The molecule has 0 heterocycles. The highest BCUT2D eigenvalue weighted by molar-refractivity contribution is 5.73. The molecule has 3 heteroatoms. The lowest BCUT2D eigenvalue weighted by atomic mass is 10.2. The van der Waals surface area contributed by atoms with Crippen LogP contribution in [0.4, 0.5) is 4.79 Å². The fourth-order valence-electron chi connectivity index (χ4n) is 1.52. The van der Waals surface area contributed by atoms with Gasteiger partial charge in [0.15, 0.2) is 0 Å². The first-order valence-electron chi connectivity index (χ1n) is 6.11. The number of allylic oxidation sites excluding steroid dienone is 3. The molecule has 96 valence electrons. The average molecular weight is 237 g/mol. The highest BCUT2D eigenvalue weighted by Gasteiger charge is 2.33. The summed E-state index contributed by atoms with van der Waals surface area (Å²) in [5.74, 6) is 0.442. The summed E-state index contributed by atoms with van der Waals surface area (Å²) in [7, 11) is 0. The summed E-state index contributed by atoms with van der Waals surface area (Å²) in [5, 5.41) is 0. The van der Waals surface area contributed by atoms with Crippen LogP contribution >= 0.6 is 0 Å². The van der Waals surface area contributed by atoms with Crippen molar-refractivity contribution in [3.63, 3.8) is 0 Å². The zero-order chi connectivity index (χ0) is 13.2. The van der Waals surface area contributed by atoms with Gasteiger partial charge in [-0.15, -0.1) is 0 Å². The molecule has 1 saturated carbocycles. The van der Waals surface area contributed by atoms with Crippen LogP contribution in [0.15, 0.2) is 24.0 Å². The summed E-state index contributed by atoms with van der Waals surface area (Å²) in [6.45, 7) is 13.4. The molecule has 1 aliphatic carbocycles. The molecule has 1 rings (SSSR count). The third-order valence-corrected chi connectivity index (χ3v) is 2.68. The maximum Gasteiger partial charge on any atom is 0.418 e. The summed E-state index contributed by atoms with van der Waals surface area (Å²) < 4.78 is 5.41. The number of nitrogens with zero attached hydrogens (tertiary/aromatic N) is 1. The van der Waals surface area contributed by atoms with E-state index in [4.69, 9.17) is 4.74 Å². The van der Waals surface area contributed by atoms with Gasteiger partial charge in [0.25, 0.3) is 0 Å². The fraction of sp³-hybridized carbons (Fsp3) is 0.643. The number of amides is 1. The van der Waals surface area contributed by atoms with Gasteiger partial charge in [0.05, 0.1) is 0 Å². The van der Waals surface area contributed by atoms with Crippen LogP contribution in [0.5, 0.6) is 0 Å². The number of ether oxygens (including phenoxy) is 1. The van der Waals surface area contributed by atoms with Crippen LogP contribution in [0.1, 0.15) is 47.5 Å². The Morgan fingerprint density at radius 1 is 1.41 bits per heavy atom. The minimum Gasteiger partial charge on any atom is -0.443 e. The molecule has 0 aromatic carbocycles. The first-order chi connectivity index (χ1) is 7.76. The lowest BCUT2D eigenvalue weighted by Crippen LogP contribution is -2.35. The van der Waals surface area contributed by atoms with Gasteiger partial charge < -0.3 is 4.74 Å². The summed E-state index contributed by atoms with van der Waals surface area (Å²) >= 11 is 0. The van der Waals surface area contributed by atoms with Gasteiger partial charge in [0.2, 0.25) is 0 Å². The van der Waals surface area contributed by atoms with Crippen LogP contribution < -0.4 is 0 Å². The van der Waals surface area contributed by atoms with E-state index in [-0.39, 0.29) is 6.09 Å². The Bertz CT molecular complexity index is 346. The van der Waals surface area contributed by atoms with E-state index in [1.807, 2.05) is 40.7 Å². The topological polar surface area (TPSA) is 29.5 Å². The molecule has 0 spiro atoms. The Balaban J connectivity index is 2.83. The van der Waals surface area contributed by atoms with Crippen LogP contribution in [0.2, 0.25) is 0 Å². The van der Waals surface area contributed by atoms with Crippen LogP contribution in [0.3, 0.4) is 0 Å². The van der Waals surface area contributed by atoms with E-state index < -0.39 is 5.60 Å². The number of hydrogen-bond acceptors (Lipinski definition) is 2. The fourth-order valence-corrected chi connectivity index (χ4v) is 1.52. The van der Waals surface area contributed by atoms with E-state index in [9.17, 15) is 4.79 Å². The molecule has 1 aliphatic rings. The Kier molecular flexibility index (Phi) is 4.02. The average Bonchev–Trinajstić information content (AvgIpc) is 2.97. The normalized spacial score (nSPS) is 16.6. The Labute approximate surface area is 104 Å². The van der Waals surface area contributed by atoms with Gasteiger partial charge in [0, 0.05) is 11.4 Å². The summed E-state index contributed by atoms with van der Waals surface area (Å²) in [6, 6.07) is 0. The summed E-state index contributed by atoms with van der Waals surface area (Å²) in [6.07, 6.45) is 3.81. The van der Waals surface area contributed by atoms with Crippen molar-refractivity contribution < 1.29 is 9.53 Å². The van der Waals surface area contributed by atoms with Crippen LogP contribution in [-0.2, 0) is 4.74 Å². The lowest BCUT2D eigenvalue weighted by Gasteiger charge is -2.29. The predicted molar refractivity (Wildman–Crippen MR) is 69.4 cm³/mol. The maximum atomic E-state index is 12.1. The van der Waals surface area contributed by atoms with E-state index in [1.165, 1.54) is 0 Å². The number of carbonyl (C=O) groups excluding carboxylic acids is 1. The molecule has 0 saturated heterocycles. The highest BCUT2D eigenvalue weighted by Crippen LogP contribution is 2.38. The van der Waals surface area contributed by atoms with Crippen LogP contribution in [0.25, 0.3) is 0 Å². The number of rotatable bonds is 3. The van der Waals surface area contributed by atoms with Gasteiger partial charge in [-0.1, -0.05) is 12.7 Å². The summed E-state index contributed by atoms with van der Waals surface area (Å²) in [5.41, 5.74) is 1.25. The third-order valence-electron chi connectivity index (χ3n) is 2.68. The molecule has 1 fully saturated rings. The van der Waals surface area contributed by atoms with Gasteiger partial charge in [-0.25, -0.2) is 4.79 Å². The Morgan fingerprint density at radius 3 is 2.29 bits per heavy atom. The first kappa shape index (κ1) is 13.8. The molecule has 0 bridgehead atoms. The Morgan fingerprint density at radius 2 is 1.94 bits per heavy atom. The molecule has 17 heavy (non-hydrogen) atoms. The van der Waals surface area contributed by atoms with Crippen molar-refractivity contribution in [2.45, 2.75) is 53.1 Å². The molecular weight excluding hydrogens is 214 g/mol. The van der Waals surface area contributed by atoms with E-state index in [2.05, 4.69) is 6.58 Å². The quantitative estimate of drug-likeness (QED) is 0.740. The van der Waals surface area contributed by atoms with E-state index in [1.54, 1.807) is 4.90 Å². The van der Waals surface area contributed by atoms with E-state index >= 15 is 0 Å². The highest BCUT2D eigenvalue weighted by atomic mass is 16.6. The van der Waals surface area contributed by atoms with Crippen molar-refractivity contribution in [3.05, 3.63) is 24.0 Å². The molecule has 0 unspecified atom stereocenters. The van der Waals surface area contributed by atoms with Gasteiger partial charge in [-0.2, -0.15) is 0 Å². The maximum absolute atomic E-state index is 12.1. The Hall–Kier alpha value is -1.25. The lowest BCUT2D eigenvalue weighted by molar-refractivity contribution is 0.0358. The monoisotopic (exact) mass is 237 g/mol. The second-order valence-electron chi connectivity index (χ2n) is 5.51.